The van der Waals surface area contributed by atoms with Crippen molar-refractivity contribution in [2.75, 3.05) is 6.61 Å². The van der Waals surface area contributed by atoms with Gasteiger partial charge >= 0.3 is 7.69 Å². The van der Waals surface area contributed by atoms with Gasteiger partial charge in [0.15, 0.2) is 0 Å². The topological polar surface area (TPSA) is 78.7 Å². The summed E-state index contributed by atoms with van der Waals surface area (Å²) in [6, 6.07) is 44.5. The van der Waals surface area contributed by atoms with Crippen LogP contribution in [-0.4, -0.2) is 29.1 Å². The Labute approximate surface area is 443 Å². The van der Waals surface area contributed by atoms with E-state index in [1.807, 2.05) is 42.5 Å². The lowest BCUT2D eigenvalue weighted by Crippen LogP contribution is -2.33. The predicted molar refractivity (Wildman–Crippen MR) is 305 cm³/mol. The molecule has 3 aliphatic rings. The zero-order chi connectivity index (χ0) is 50.9. The summed E-state index contributed by atoms with van der Waals surface area (Å²) in [5.74, 6) is 0.416. The van der Waals surface area contributed by atoms with Crippen LogP contribution in [0.15, 0.2) is 170 Å². The molecule has 0 unspecified atom stereocenters. The SMILES string of the molecule is CCCCc1ccc(-c2ccc3oc4ccc5c(=O)n(CCCOc6cc(Cl)c(/C(=C7\C=C8CCCc9ccccc9C8=N7)c7cc8c(n7[B]F)-c7ccccc7CCC8)c(Cl)c6)c(=O)c6ccc(c3c2)c4c56)cc1. The van der Waals surface area contributed by atoms with E-state index in [0.717, 1.165) is 124 Å². The zero-order valence-electron chi connectivity index (χ0n) is 41.5. The van der Waals surface area contributed by atoms with Crippen LogP contribution in [0.5, 0.6) is 5.75 Å². The summed E-state index contributed by atoms with van der Waals surface area (Å²) < 4.78 is 31.4. The molecule has 0 amide bonds. The number of hydrogen-bond donors (Lipinski definition) is 0. The van der Waals surface area contributed by atoms with Crippen LogP contribution < -0.4 is 15.9 Å². The molecular formula is C64H50BCl2FN3O4. The molecule has 0 spiro atoms. The van der Waals surface area contributed by atoms with Crippen molar-refractivity contribution in [2.45, 2.75) is 77.7 Å². The molecule has 369 valence electrons. The first kappa shape index (κ1) is 47.3. The van der Waals surface area contributed by atoms with Crippen LogP contribution in [0.4, 0.5) is 4.32 Å². The summed E-state index contributed by atoms with van der Waals surface area (Å²) in [5, 5.41) is 4.74. The molecule has 0 bridgehead atoms. The van der Waals surface area contributed by atoms with Crippen molar-refractivity contribution >= 4 is 85.7 Å². The minimum absolute atomic E-state index is 0.125. The minimum Gasteiger partial charge on any atom is -0.493 e. The molecule has 1 radical (unpaired) electrons. The van der Waals surface area contributed by atoms with E-state index in [4.69, 9.17) is 37.3 Å². The predicted octanol–water partition coefficient (Wildman–Crippen LogP) is 15.5. The molecule has 13 rings (SSSR count). The molecule has 0 saturated heterocycles. The molecule has 3 aromatic heterocycles. The Bertz CT molecular complexity index is 4130. The Kier molecular flexibility index (Phi) is 12.2. The highest BCUT2D eigenvalue weighted by molar-refractivity contribution is 6.38. The first-order chi connectivity index (χ1) is 36.8. The van der Waals surface area contributed by atoms with E-state index in [-0.39, 0.29) is 24.3 Å². The van der Waals surface area contributed by atoms with E-state index in [0.29, 0.717) is 74.2 Å². The number of rotatable bonds is 12. The van der Waals surface area contributed by atoms with E-state index >= 15 is 4.32 Å². The van der Waals surface area contributed by atoms with E-state index in [1.165, 1.54) is 21.3 Å². The van der Waals surface area contributed by atoms with Crippen LogP contribution in [-0.2, 0) is 32.2 Å². The number of hydrogen-bond acceptors (Lipinski definition) is 5. The van der Waals surface area contributed by atoms with Gasteiger partial charge in [0, 0.05) is 67.1 Å². The van der Waals surface area contributed by atoms with Gasteiger partial charge < -0.3 is 17.9 Å². The molecule has 2 aliphatic carbocycles. The van der Waals surface area contributed by atoms with Gasteiger partial charge in [0.1, 0.15) is 16.9 Å². The van der Waals surface area contributed by atoms with Crippen molar-refractivity contribution in [1.29, 1.82) is 0 Å². The molecule has 10 aromatic rings. The number of aromatic nitrogens is 2. The van der Waals surface area contributed by atoms with Crippen molar-refractivity contribution in [3.8, 4) is 28.1 Å². The Morgan fingerprint density at radius 3 is 2.12 bits per heavy atom. The lowest BCUT2D eigenvalue weighted by atomic mass is 9.95. The third-order valence-corrected chi connectivity index (χ3v) is 16.2. The average Bonchev–Trinajstić information content (AvgIpc) is 3.97. The second-order valence-corrected chi connectivity index (χ2v) is 21.0. The minimum atomic E-state index is -0.365. The average molecular weight is 1030 g/mol. The number of pyridine rings is 1. The highest BCUT2D eigenvalue weighted by atomic mass is 35.5. The monoisotopic (exact) mass is 1020 g/mol. The fraction of sp³-hybridized carbons (Fsp3) is 0.203. The zero-order valence-corrected chi connectivity index (χ0v) is 43.0. The summed E-state index contributed by atoms with van der Waals surface area (Å²) in [6.45, 7) is 2.49. The van der Waals surface area contributed by atoms with Gasteiger partial charge in [-0.05, 0) is 157 Å². The molecule has 7 nitrogen and oxygen atoms in total. The molecule has 11 heteroatoms. The molecule has 0 fully saturated rings. The standard InChI is InChI=1S/C64H50BCl2FN3O4/c1-2-3-11-37-20-22-38(23-21-37)41-24-28-55-50(32-41)47-25-26-48-57-49(27-29-56(75-55)58(47)57)64(73)70(63(48)72)30-10-31-74-44-35-51(66)59(52(67)36-44)60(53-33-42-16-8-14-39-12-4-6-18-45(39)61(42)69-53)54-34-43-17-9-15-40-13-5-7-19-46(40)62(43)71(54)65-68/h4-7,12-13,18-29,32-36H,2-3,8-11,14-17,30-31H2,1H3/b60-53+. The van der Waals surface area contributed by atoms with Crippen molar-refractivity contribution in [2.24, 2.45) is 4.99 Å². The lowest BCUT2D eigenvalue weighted by molar-refractivity contribution is 0.300. The van der Waals surface area contributed by atoms with Gasteiger partial charge in [-0.3, -0.25) is 14.2 Å². The smallest absolute Gasteiger partial charge is 0.493 e. The molecule has 0 saturated carbocycles. The van der Waals surface area contributed by atoms with Gasteiger partial charge in [0.05, 0.1) is 28.1 Å². The Morgan fingerprint density at radius 1 is 0.693 bits per heavy atom. The van der Waals surface area contributed by atoms with Crippen molar-refractivity contribution < 1.29 is 13.5 Å². The van der Waals surface area contributed by atoms with Crippen molar-refractivity contribution in [3.05, 3.63) is 221 Å². The largest absolute Gasteiger partial charge is 0.495 e. The van der Waals surface area contributed by atoms with Crippen molar-refractivity contribution in [1.82, 2.24) is 9.05 Å². The van der Waals surface area contributed by atoms with Crippen LogP contribution in [0.1, 0.15) is 84.5 Å². The molecular weight excluding hydrogens is 975 g/mol. The number of fused-ring (bicyclic) bond motifs is 8. The number of aryl methyl sites for hydroxylation is 4. The van der Waals surface area contributed by atoms with Gasteiger partial charge in [0.2, 0.25) is 0 Å². The maximum absolute atomic E-state index is 15.7. The summed E-state index contributed by atoms with van der Waals surface area (Å²) in [7, 11) is 0.638. The summed E-state index contributed by atoms with van der Waals surface area (Å²) in [4.78, 5) is 33.9. The summed E-state index contributed by atoms with van der Waals surface area (Å²) in [5.41, 5.74) is 14.9. The normalized spacial score (nSPS) is 14.8. The fourth-order valence-electron chi connectivity index (χ4n) is 12.0. The van der Waals surface area contributed by atoms with Gasteiger partial charge in [-0.15, -0.1) is 0 Å². The van der Waals surface area contributed by atoms with Gasteiger partial charge in [0.25, 0.3) is 11.1 Å². The highest BCUT2D eigenvalue weighted by Crippen LogP contribution is 2.46. The Balaban J connectivity index is 0.815. The van der Waals surface area contributed by atoms with E-state index in [1.54, 1.807) is 22.7 Å². The molecule has 0 atom stereocenters. The third kappa shape index (κ3) is 8.14. The number of allylic oxidation sites excluding steroid dienone is 2. The number of nitrogens with zero attached hydrogens (tertiary/aromatic N) is 3. The van der Waals surface area contributed by atoms with Crippen LogP contribution in [0.25, 0.3) is 71.4 Å². The molecule has 0 N–H and O–H groups in total. The van der Waals surface area contributed by atoms with Crippen LogP contribution in [0.2, 0.25) is 10.0 Å². The Morgan fingerprint density at radius 2 is 1.36 bits per heavy atom. The quantitative estimate of drug-likeness (QED) is 0.0529. The lowest BCUT2D eigenvalue weighted by Gasteiger charge is -2.18. The first-order valence-corrected chi connectivity index (χ1v) is 26.9. The number of unbranched alkanes of at least 4 members (excludes halogenated alkanes) is 1. The first-order valence-electron chi connectivity index (χ1n) is 26.1. The number of halogens is 3. The summed E-state index contributed by atoms with van der Waals surface area (Å²) in [6.07, 6.45) is 11.2. The number of aliphatic imine (C=N–C) groups is 1. The molecule has 4 heterocycles. The fourth-order valence-corrected chi connectivity index (χ4v) is 12.7. The van der Waals surface area contributed by atoms with Gasteiger partial charge in [-0.1, -0.05) is 121 Å². The molecule has 7 aromatic carbocycles. The van der Waals surface area contributed by atoms with Crippen LogP contribution in [0, 0.1) is 0 Å². The second kappa shape index (κ2) is 19.4. The number of benzene rings is 7. The summed E-state index contributed by atoms with van der Waals surface area (Å²) >= 11 is 14.7. The van der Waals surface area contributed by atoms with Crippen LogP contribution in [0.3, 0.4) is 0 Å². The molecule has 75 heavy (non-hydrogen) atoms. The number of ether oxygens (including phenoxy) is 1. The highest BCUT2D eigenvalue weighted by Gasteiger charge is 2.31. The van der Waals surface area contributed by atoms with E-state index < -0.39 is 0 Å². The van der Waals surface area contributed by atoms with Crippen molar-refractivity contribution in [3.63, 3.8) is 0 Å². The van der Waals surface area contributed by atoms with Crippen LogP contribution >= 0.6 is 23.2 Å². The maximum atomic E-state index is 15.7. The van der Waals surface area contributed by atoms with E-state index in [9.17, 15) is 9.59 Å². The second-order valence-electron chi connectivity index (χ2n) is 20.1. The molecule has 1 aliphatic heterocycles. The van der Waals surface area contributed by atoms with Gasteiger partial charge in [-0.25, -0.2) is 4.99 Å². The third-order valence-electron chi connectivity index (χ3n) is 15.6. The maximum Gasteiger partial charge on any atom is 0.495 e. The van der Waals surface area contributed by atoms with E-state index in [2.05, 4.69) is 85.8 Å². The Hall–Kier alpha value is -7.46. The van der Waals surface area contributed by atoms with Gasteiger partial charge in [-0.2, -0.15) is 0 Å².